The number of ether oxygens (including phenoxy) is 1. The Balaban J connectivity index is 1.01. The van der Waals surface area contributed by atoms with Crippen molar-refractivity contribution in [3.8, 4) is 5.75 Å². The van der Waals surface area contributed by atoms with Crippen LogP contribution in [0.25, 0.3) is 10.9 Å². The first-order valence-electron chi connectivity index (χ1n) is 12.9. The fourth-order valence-electron chi connectivity index (χ4n) is 6.27. The number of fused-ring (bicyclic) bond motifs is 3. The van der Waals surface area contributed by atoms with Gasteiger partial charge in [0.15, 0.2) is 0 Å². The molecule has 2 fully saturated rings. The van der Waals surface area contributed by atoms with Gasteiger partial charge in [-0.3, -0.25) is 4.79 Å². The molecule has 3 aliphatic heterocycles. The number of hydrogen-bond donors (Lipinski definition) is 2. The molecule has 37 heavy (non-hydrogen) atoms. The molecule has 196 valence electrons. The molecule has 3 aliphatic rings. The molecule has 2 saturated heterocycles. The first kappa shape index (κ1) is 24.6. The number of piperidine rings is 2. The fourth-order valence-corrected chi connectivity index (χ4v) is 6.43. The number of H-pyrrole nitrogens is 1. The second-order valence-corrected chi connectivity index (χ2v) is 11.2. The number of carbonyl (C=O) groups is 1. The number of aromatic amines is 1. The van der Waals surface area contributed by atoms with Gasteiger partial charge in [0, 0.05) is 47.1 Å². The van der Waals surface area contributed by atoms with Gasteiger partial charge in [-0.15, -0.1) is 0 Å². The van der Waals surface area contributed by atoms with Crippen molar-refractivity contribution in [3.05, 3.63) is 64.3 Å². The number of rotatable bonds is 4. The monoisotopic (exact) mass is 529 g/mol. The maximum absolute atomic E-state index is 14.0. The van der Waals surface area contributed by atoms with Gasteiger partial charge in [-0.05, 0) is 69.0 Å². The van der Waals surface area contributed by atoms with E-state index in [4.69, 9.17) is 16.3 Å². The molecule has 1 aromatic heterocycles. The summed E-state index contributed by atoms with van der Waals surface area (Å²) in [6, 6.07) is 9.37. The van der Waals surface area contributed by atoms with Gasteiger partial charge in [0.1, 0.15) is 23.1 Å². The van der Waals surface area contributed by atoms with Gasteiger partial charge in [0.05, 0.1) is 18.2 Å². The van der Waals surface area contributed by atoms with Crippen LogP contribution in [0.3, 0.4) is 0 Å². The largest absolute Gasteiger partial charge is 0.492 e. The van der Waals surface area contributed by atoms with E-state index in [9.17, 15) is 18.7 Å². The Bertz CT molecular complexity index is 1330. The zero-order valence-electron chi connectivity index (χ0n) is 20.5. The Morgan fingerprint density at radius 1 is 1.14 bits per heavy atom. The highest BCUT2D eigenvalue weighted by Crippen LogP contribution is 2.46. The van der Waals surface area contributed by atoms with E-state index in [1.54, 1.807) is 4.90 Å². The molecule has 4 heterocycles. The van der Waals surface area contributed by atoms with Gasteiger partial charge < -0.3 is 24.6 Å². The molecule has 2 aromatic carbocycles. The molecule has 0 aliphatic carbocycles. The van der Waals surface area contributed by atoms with Crippen LogP contribution >= 0.6 is 11.6 Å². The average molecular weight is 530 g/mol. The number of aliphatic hydroxyl groups is 1. The summed E-state index contributed by atoms with van der Waals surface area (Å²) < 4.78 is 33.5. The first-order chi connectivity index (χ1) is 17.8. The number of halogens is 3. The van der Waals surface area contributed by atoms with Gasteiger partial charge in [-0.25, -0.2) is 8.78 Å². The molecule has 0 bridgehead atoms. The smallest absolute Gasteiger partial charge is 0.270 e. The fraction of sp³-hybridized carbons (Fsp3) is 0.464. The van der Waals surface area contributed by atoms with E-state index in [0.29, 0.717) is 44.1 Å². The Labute approximate surface area is 219 Å². The predicted molar refractivity (Wildman–Crippen MR) is 137 cm³/mol. The van der Waals surface area contributed by atoms with Crippen LogP contribution < -0.4 is 4.74 Å². The number of likely N-dealkylation sites (tertiary alicyclic amines) is 2. The van der Waals surface area contributed by atoms with E-state index in [-0.39, 0.29) is 33.8 Å². The molecule has 6 nitrogen and oxygen atoms in total. The standard InChI is InChI=1S/C28H30ClF2N3O3/c29-18-1-2-21-26(11-18)37-16-28(21)5-9-33(10-6-28)15-25(35)17-3-7-34(8-4-17)27(36)24-14-20-22(31)12-19(30)13-23(20)32-24/h1-2,11-14,17,25,32,35H,3-10,15-16H2. The third kappa shape index (κ3) is 4.60. The minimum atomic E-state index is -0.690. The first-order valence-corrected chi connectivity index (χ1v) is 13.3. The lowest BCUT2D eigenvalue weighted by Gasteiger charge is -2.41. The van der Waals surface area contributed by atoms with Crippen LogP contribution in [0, 0.1) is 17.6 Å². The summed E-state index contributed by atoms with van der Waals surface area (Å²) in [6.45, 7) is 4.15. The van der Waals surface area contributed by atoms with Crippen molar-refractivity contribution in [2.75, 3.05) is 39.3 Å². The quantitative estimate of drug-likeness (QED) is 0.512. The van der Waals surface area contributed by atoms with E-state index >= 15 is 0 Å². The van der Waals surface area contributed by atoms with Crippen molar-refractivity contribution in [2.45, 2.75) is 37.2 Å². The Morgan fingerprint density at radius 2 is 1.89 bits per heavy atom. The van der Waals surface area contributed by atoms with E-state index in [2.05, 4.69) is 16.0 Å². The molecule has 1 atom stereocenters. The highest BCUT2D eigenvalue weighted by atomic mass is 35.5. The van der Waals surface area contributed by atoms with Gasteiger partial charge >= 0.3 is 0 Å². The molecule has 1 spiro atoms. The van der Waals surface area contributed by atoms with Crippen LogP contribution in [0.15, 0.2) is 36.4 Å². The number of hydrogen-bond acceptors (Lipinski definition) is 4. The van der Waals surface area contributed by atoms with Crippen LogP contribution in [-0.4, -0.2) is 71.2 Å². The second kappa shape index (κ2) is 9.57. The lowest BCUT2D eigenvalue weighted by Crippen LogP contribution is -2.48. The highest BCUT2D eigenvalue weighted by Gasteiger charge is 2.43. The third-order valence-corrected chi connectivity index (χ3v) is 8.77. The van der Waals surface area contributed by atoms with Crippen molar-refractivity contribution >= 4 is 28.4 Å². The maximum Gasteiger partial charge on any atom is 0.270 e. The SMILES string of the molecule is O=C(c1cc2c(F)cc(F)cc2[nH]1)N1CCC(C(O)CN2CCC3(CC2)COc2cc(Cl)ccc23)CC1. The van der Waals surface area contributed by atoms with Crippen LogP contribution in [-0.2, 0) is 5.41 Å². The zero-order chi connectivity index (χ0) is 25.7. The second-order valence-electron chi connectivity index (χ2n) is 10.7. The summed E-state index contributed by atoms with van der Waals surface area (Å²) in [5, 5.41) is 11.9. The van der Waals surface area contributed by atoms with E-state index in [1.807, 2.05) is 12.1 Å². The van der Waals surface area contributed by atoms with Crippen LogP contribution in [0.5, 0.6) is 5.75 Å². The van der Waals surface area contributed by atoms with Crippen LogP contribution in [0.4, 0.5) is 8.78 Å². The summed E-state index contributed by atoms with van der Waals surface area (Å²) in [7, 11) is 0. The Hall–Kier alpha value is -2.68. The molecule has 1 unspecified atom stereocenters. The number of β-amino-alcohol motifs (C(OH)–C–C–N with tert-alkyl or cyclic N) is 1. The number of aromatic nitrogens is 1. The van der Waals surface area contributed by atoms with Crippen molar-refractivity contribution in [3.63, 3.8) is 0 Å². The molecule has 3 aromatic rings. The van der Waals surface area contributed by atoms with Crippen molar-refractivity contribution < 1.29 is 23.4 Å². The van der Waals surface area contributed by atoms with Crippen molar-refractivity contribution in [1.29, 1.82) is 0 Å². The molecule has 9 heteroatoms. The van der Waals surface area contributed by atoms with E-state index in [1.165, 1.54) is 17.7 Å². The zero-order valence-corrected chi connectivity index (χ0v) is 21.2. The molecule has 6 rings (SSSR count). The van der Waals surface area contributed by atoms with Crippen LogP contribution in [0.1, 0.15) is 41.7 Å². The minimum Gasteiger partial charge on any atom is -0.492 e. The summed E-state index contributed by atoms with van der Waals surface area (Å²) in [5.41, 5.74) is 1.80. The molecule has 1 amide bonds. The number of nitrogens with zero attached hydrogens (tertiary/aromatic N) is 2. The summed E-state index contributed by atoms with van der Waals surface area (Å²) in [4.78, 5) is 19.9. The topological polar surface area (TPSA) is 68.8 Å². The highest BCUT2D eigenvalue weighted by molar-refractivity contribution is 6.30. The molecular weight excluding hydrogens is 500 g/mol. The van der Waals surface area contributed by atoms with Crippen molar-refractivity contribution in [1.82, 2.24) is 14.8 Å². The molecule has 0 radical (unpaired) electrons. The summed E-state index contributed by atoms with van der Waals surface area (Å²) in [6.07, 6.45) is 2.92. The molecule has 0 saturated carbocycles. The molecule has 2 N–H and O–H groups in total. The van der Waals surface area contributed by atoms with E-state index < -0.39 is 17.7 Å². The van der Waals surface area contributed by atoms with Gasteiger partial charge in [0.2, 0.25) is 0 Å². The Kier molecular flexibility index (Phi) is 6.37. The summed E-state index contributed by atoms with van der Waals surface area (Å²) >= 11 is 6.12. The van der Waals surface area contributed by atoms with Gasteiger partial charge in [-0.1, -0.05) is 17.7 Å². The van der Waals surface area contributed by atoms with E-state index in [0.717, 1.165) is 37.7 Å². The number of benzene rings is 2. The van der Waals surface area contributed by atoms with Crippen LogP contribution in [0.2, 0.25) is 5.02 Å². The number of amides is 1. The van der Waals surface area contributed by atoms with Crippen molar-refractivity contribution in [2.24, 2.45) is 5.92 Å². The maximum atomic E-state index is 14.0. The minimum absolute atomic E-state index is 0.0321. The predicted octanol–water partition coefficient (Wildman–Crippen LogP) is 4.74. The number of aliphatic hydroxyl groups excluding tert-OH is 1. The molecular formula is C28H30ClF2N3O3. The Morgan fingerprint density at radius 3 is 2.65 bits per heavy atom. The third-order valence-electron chi connectivity index (χ3n) is 8.53. The normalized spacial score (nSPS) is 20.8. The number of carbonyl (C=O) groups excluding carboxylic acids is 1. The lowest BCUT2D eigenvalue weighted by molar-refractivity contribution is 0.0181. The van der Waals surface area contributed by atoms with Gasteiger partial charge in [0.25, 0.3) is 5.91 Å². The lowest BCUT2D eigenvalue weighted by atomic mass is 9.74. The average Bonchev–Trinajstić information content (AvgIpc) is 3.47. The number of nitrogens with one attached hydrogen (secondary N) is 1. The van der Waals surface area contributed by atoms with Gasteiger partial charge in [-0.2, -0.15) is 0 Å². The summed E-state index contributed by atoms with van der Waals surface area (Å²) in [5.74, 6) is -0.592.